The second-order valence-electron chi connectivity index (χ2n) is 7.14. The highest BCUT2D eigenvalue weighted by atomic mass is 16.3. The van der Waals surface area contributed by atoms with Crippen molar-refractivity contribution in [3.05, 3.63) is 70.0 Å². The van der Waals surface area contributed by atoms with Gasteiger partial charge in [-0.3, -0.25) is 14.5 Å². The first-order chi connectivity index (χ1) is 13.7. The molecule has 3 heterocycles. The molecule has 1 aromatic carbocycles. The Bertz CT molecular complexity index is 1020. The molecule has 1 unspecified atom stereocenters. The monoisotopic (exact) mass is 380 g/mol. The van der Waals surface area contributed by atoms with Crippen LogP contribution in [0.4, 0.5) is 0 Å². The minimum Gasteiger partial charge on any atom is -0.468 e. The Labute approximate surface area is 163 Å². The quantitative estimate of drug-likeness (QED) is 0.708. The minimum absolute atomic E-state index is 0.0271. The third kappa shape index (κ3) is 3.73. The number of nitrogens with one attached hydrogen (secondary N) is 1. The summed E-state index contributed by atoms with van der Waals surface area (Å²) in [6, 6.07) is 10.5. The molecule has 0 saturated carbocycles. The van der Waals surface area contributed by atoms with Gasteiger partial charge >= 0.3 is 0 Å². The highest BCUT2D eigenvalue weighted by Crippen LogP contribution is 2.25. The lowest BCUT2D eigenvalue weighted by atomic mass is 10.1. The van der Waals surface area contributed by atoms with Crippen molar-refractivity contribution in [1.29, 1.82) is 0 Å². The molecule has 0 radical (unpaired) electrons. The largest absolute Gasteiger partial charge is 0.468 e. The van der Waals surface area contributed by atoms with Gasteiger partial charge in [-0.25, -0.2) is 0 Å². The van der Waals surface area contributed by atoms with Crippen molar-refractivity contribution in [3.63, 3.8) is 0 Å². The second-order valence-corrected chi connectivity index (χ2v) is 7.14. The zero-order valence-electron chi connectivity index (χ0n) is 15.9. The lowest BCUT2D eigenvalue weighted by Crippen LogP contribution is -2.36. The number of furan rings is 1. The van der Waals surface area contributed by atoms with Crippen molar-refractivity contribution in [2.24, 2.45) is 0 Å². The van der Waals surface area contributed by atoms with Gasteiger partial charge in [-0.1, -0.05) is 13.0 Å². The van der Waals surface area contributed by atoms with Crippen LogP contribution >= 0.6 is 0 Å². The van der Waals surface area contributed by atoms with Crippen LogP contribution in [0.25, 0.3) is 11.0 Å². The Morgan fingerprint density at radius 1 is 1.21 bits per heavy atom. The molecular formula is C22H24N2O4. The molecule has 4 rings (SSSR count). The first kappa shape index (κ1) is 18.5. The summed E-state index contributed by atoms with van der Waals surface area (Å²) in [6.45, 7) is 4.38. The first-order valence-electron chi connectivity index (χ1n) is 9.78. The molecule has 3 aromatic rings. The summed E-state index contributed by atoms with van der Waals surface area (Å²) in [5.41, 5.74) is 1.28. The Hall–Kier alpha value is -2.86. The van der Waals surface area contributed by atoms with E-state index in [1.807, 2.05) is 31.2 Å². The maximum Gasteiger partial charge on any atom is 0.287 e. The minimum atomic E-state index is -0.394. The number of aryl methyl sites for hydroxylation is 1. The molecule has 1 saturated heterocycles. The van der Waals surface area contributed by atoms with Crippen molar-refractivity contribution in [2.75, 3.05) is 19.6 Å². The number of amides is 1. The molecule has 0 spiro atoms. The van der Waals surface area contributed by atoms with Crippen molar-refractivity contribution in [2.45, 2.75) is 32.2 Å². The molecule has 1 atom stereocenters. The molecule has 146 valence electrons. The molecule has 0 aliphatic carbocycles. The summed E-state index contributed by atoms with van der Waals surface area (Å²) in [5, 5.41) is 3.41. The van der Waals surface area contributed by atoms with E-state index in [4.69, 9.17) is 8.83 Å². The SMILES string of the molecule is CCc1ccc2oc(C(=O)NCC(c3ccco3)N3CCCC3)cc(=O)c2c1. The number of fused-ring (bicyclic) bond motifs is 1. The highest BCUT2D eigenvalue weighted by Gasteiger charge is 2.26. The number of hydrogen-bond acceptors (Lipinski definition) is 5. The number of benzene rings is 1. The Kier molecular flexibility index (Phi) is 5.30. The van der Waals surface area contributed by atoms with E-state index in [0.29, 0.717) is 17.5 Å². The van der Waals surface area contributed by atoms with E-state index in [-0.39, 0.29) is 17.2 Å². The fourth-order valence-electron chi connectivity index (χ4n) is 3.76. The molecule has 2 aromatic heterocycles. The Morgan fingerprint density at radius 2 is 2.04 bits per heavy atom. The number of carbonyl (C=O) groups excluding carboxylic acids is 1. The number of likely N-dealkylation sites (tertiary alicyclic amines) is 1. The standard InChI is InChI=1S/C22H24N2O4/c1-2-15-7-8-19-16(12-15)18(25)13-21(28-19)22(26)23-14-17(20-6-5-11-27-20)24-9-3-4-10-24/h5-8,11-13,17H,2-4,9-10,14H2,1H3,(H,23,26). The number of rotatable bonds is 6. The summed E-state index contributed by atoms with van der Waals surface area (Å²) >= 11 is 0. The predicted octanol–water partition coefficient (Wildman–Crippen LogP) is 3.52. The fraction of sp³-hybridized carbons (Fsp3) is 0.364. The van der Waals surface area contributed by atoms with Crippen molar-refractivity contribution in [1.82, 2.24) is 10.2 Å². The van der Waals surface area contributed by atoms with E-state index in [0.717, 1.165) is 43.7 Å². The van der Waals surface area contributed by atoms with E-state index >= 15 is 0 Å². The molecule has 6 heteroatoms. The van der Waals surface area contributed by atoms with Gasteiger partial charge in [0.2, 0.25) is 0 Å². The summed E-state index contributed by atoms with van der Waals surface area (Å²) in [4.78, 5) is 27.4. The van der Waals surface area contributed by atoms with E-state index < -0.39 is 5.91 Å². The van der Waals surface area contributed by atoms with Crippen molar-refractivity contribution < 1.29 is 13.6 Å². The smallest absolute Gasteiger partial charge is 0.287 e. The molecule has 0 bridgehead atoms. The van der Waals surface area contributed by atoms with Crippen LogP contribution in [0.5, 0.6) is 0 Å². The van der Waals surface area contributed by atoms with Crippen LogP contribution in [0, 0.1) is 0 Å². The van der Waals surface area contributed by atoms with Gasteiger partial charge in [-0.15, -0.1) is 0 Å². The average molecular weight is 380 g/mol. The zero-order valence-corrected chi connectivity index (χ0v) is 15.9. The topological polar surface area (TPSA) is 75.7 Å². The molecule has 1 aliphatic rings. The number of hydrogen-bond donors (Lipinski definition) is 1. The fourth-order valence-corrected chi connectivity index (χ4v) is 3.76. The van der Waals surface area contributed by atoms with Gasteiger partial charge in [0.1, 0.15) is 11.3 Å². The van der Waals surface area contributed by atoms with Gasteiger partial charge in [-0.2, -0.15) is 0 Å². The van der Waals surface area contributed by atoms with Crippen LogP contribution in [-0.4, -0.2) is 30.4 Å². The lowest BCUT2D eigenvalue weighted by Gasteiger charge is -2.25. The number of carbonyl (C=O) groups is 1. The summed E-state index contributed by atoms with van der Waals surface area (Å²) in [5.74, 6) is 0.463. The van der Waals surface area contributed by atoms with Gasteiger partial charge < -0.3 is 14.2 Å². The number of nitrogens with zero attached hydrogens (tertiary/aromatic N) is 1. The summed E-state index contributed by atoms with van der Waals surface area (Å²) < 4.78 is 11.3. The van der Waals surface area contributed by atoms with Crippen molar-refractivity contribution in [3.8, 4) is 0 Å². The van der Waals surface area contributed by atoms with Gasteiger partial charge in [0, 0.05) is 12.6 Å². The van der Waals surface area contributed by atoms with E-state index in [9.17, 15) is 9.59 Å². The molecule has 28 heavy (non-hydrogen) atoms. The Morgan fingerprint density at radius 3 is 2.75 bits per heavy atom. The third-order valence-corrected chi connectivity index (χ3v) is 5.33. The molecule has 6 nitrogen and oxygen atoms in total. The van der Waals surface area contributed by atoms with Crippen LogP contribution in [0.3, 0.4) is 0 Å². The maximum absolute atomic E-state index is 12.7. The predicted molar refractivity (Wildman–Crippen MR) is 106 cm³/mol. The summed E-state index contributed by atoms with van der Waals surface area (Å²) in [6.07, 6.45) is 4.77. The second kappa shape index (κ2) is 8.02. The zero-order chi connectivity index (χ0) is 19.5. The van der Waals surface area contributed by atoms with E-state index in [1.165, 1.54) is 6.07 Å². The van der Waals surface area contributed by atoms with Gasteiger partial charge in [0.05, 0.1) is 17.7 Å². The van der Waals surface area contributed by atoms with Crippen LogP contribution in [-0.2, 0) is 6.42 Å². The van der Waals surface area contributed by atoms with Crippen LogP contribution in [0.15, 0.2) is 56.3 Å². The molecule has 1 fully saturated rings. The molecule has 1 N–H and O–H groups in total. The van der Waals surface area contributed by atoms with Gasteiger partial charge in [-0.05, 0) is 62.2 Å². The van der Waals surface area contributed by atoms with E-state index in [1.54, 1.807) is 12.3 Å². The first-order valence-corrected chi connectivity index (χ1v) is 9.78. The summed E-state index contributed by atoms with van der Waals surface area (Å²) in [7, 11) is 0. The Balaban J connectivity index is 1.53. The van der Waals surface area contributed by atoms with Crippen LogP contribution in [0.2, 0.25) is 0 Å². The van der Waals surface area contributed by atoms with Crippen LogP contribution in [0.1, 0.15) is 47.7 Å². The third-order valence-electron chi connectivity index (χ3n) is 5.33. The highest BCUT2D eigenvalue weighted by molar-refractivity contribution is 5.93. The molecule has 1 amide bonds. The average Bonchev–Trinajstić information content (AvgIpc) is 3.42. The lowest BCUT2D eigenvalue weighted by molar-refractivity contribution is 0.0906. The van der Waals surface area contributed by atoms with Gasteiger partial charge in [0.15, 0.2) is 11.2 Å². The van der Waals surface area contributed by atoms with E-state index in [2.05, 4.69) is 10.2 Å². The molecular weight excluding hydrogens is 356 g/mol. The molecule has 1 aliphatic heterocycles. The van der Waals surface area contributed by atoms with Crippen LogP contribution < -0.4 is 10.7 Å². The van der Waals surface area contributed by atoms with Crippen molar-refractivity contribution >= 4 is 16.9 Å². The van der Waals surface area contributed by atoms with Gasteiger partial charge in [0.25, 0.3) is 5.91 Å². The maximum atomic E-state index is 12.7. The normalized spacial score (nSPS) is 15.8.